The van der Waals surface area contributed by atoms with Crippen LogP contribution in [-0.2, 0) is 4.79 Å². The van der Waals surface area contributed by atoms with Gasteiger partial charge in [-0.25, -0.2) is 4.79 Å². The Morgan fingerprint density at radius 1 is 1.26 bits per heavy atom. The number of benzene rings is 1. The fraction of sp³-hybridized carbons (Fsp3) is 0.0625. The van der Waals surface area contributed by atoms with E-state index in [1.807, 2.05) is 17.5 Å². The van der Waals surface area contributed by atoms with Crippen LogP contribution in [0, 0.1) is 0 Å². The second-order valence-corrected chi connectivity index (χ2v) is 6.70. The molecule has 0 radical (unpaired) electrons. The minimum absolute atomic E-state index is 0.168. The van der Waals surface area contributed by atoms with Crippen LogP contribution in [-0.4, -0.2) is 29.2 Å². The first-order valence-electron chi connectivity index (χ1n) is 6.68. The molecule has 2 heterocycles. The van der Waals surface area contributed by atoms with E-state index in [1.165, 1.54) is 29.2 Å². The quantitative estimate of drug-likeness (QED) is 0.862. The van der Waals surface area contributed by atoms with Crippen molar-refractivity contribution in [1.82, 2.24) is 0 Å². The van der Waals surface area contributed by atoms with Crippen LogP contribution in [0.1, 0.15) is 15.2 Å². The van der Waals surface area contributed by atoms with Gasteiger partial charge in [0.2, 0.25) is 0 Å². The number of aromatic carboxylic acids is 1. The van der Waals surface area contributed by atoms with Gasteiger partial charge in [-0.2, -0.15) is 4.99 Å². The van der Waals surface area contributed by atoms with Crippen molar-refractivity contribution >= 4 is 51.9 Å². The van der Waals surface area contributed by atoms with Gasteiger partial charge in [-0.05, 0) is 41.4 Å². The van der Waals surface area contributed by atoms with Gasteiger partial charge in [-0.1, -0.05) is 18.2 Å². The molecule has 0 aliphatic carbocycles. The number of hydrogen-bond donors (Lipinski definition) is 1. The third-order valence-corrected chi connectivity index (χ3v) is 5.09. The molecule has 1 aliphatic rings. The van der Waals surface area contributed by atoms with Crippen molar-refractivity contribution in [1.29, 1.82) is 0 Å². The Morgan fingerprint density at radius 2 is 2.04 bits per heavy atom. The lowest BCUT2D eigenvalue weighted by atomic mass is 10.1. The number of aliphatic imine (C=N–C) groups is 1. The van der Waals surface area contributed by atoms with Crippen molar-refractivity contribution in [3.8, 4) is 0 Å². The number of carboxylic acids is 1. The number of thioether (sulfide) groups is 1. The largest absolute Gasteiger partial charge is 0.478 e. The van der Waals surface area contributed by atoms with E-state index in [1.54, 1.807) is 36.2 Å². The third kappa shape index (κ3) is 3.20. The maximum absolute atomic E-state index is 12.1. The molecule has 7 heteroatoms. The fourth-order valence-electron chi connectivity index (χ4n) is 2.09. The molecule has 0 fully saturated rings. The molecule has 0 bridgehead atoms. The number of hydrogen-bond acceptors (Lipinski definition) is 5. The predicted molar refractivity (Wildman–Crippen MR) is 94.1 cm³/mol. The number of para-hydroxylation sites is 1. The predicted octanol–water partition coefficient (Wildman–Crippen LogP) is 3.55. The minimum Gasteiger partial charge on any atom is -0.478 e. The summed E-state index contributed by atoms with van der Waals surface area (Å²) in [6, 6.07) is 10.5. The van der Waals surface area contributed by atoms with E-state index >= 15 is 0 Å². The van der Waals surface area contributed by atoms with Crippen LogP contribution in [0.2, 0.25) is 0 Å². The van der Waals surface area contributed by atoms with Crippen LogP contribution >= 0.6 is 23.1 Å². The van der Waals surface area contributed by atoms with Crippen LogP contribution in [0.5, 0.6) is 0 Å². The first-order valence-corrected chi connectivity index (χ1v) is 8.38. The SMILES string of the molecule is CN(C1=NC(=O)/C(=C\c2cccs2)S1)c1ccccc1C(=O)O. The first kappa shape index (κ1) is 15.5. The van der Waals surface area contributed by atoms with Crippen molar-refractivity contribution in [3.63, 3.8) is 0 Å². The molecule has 5 nitrogen and oxygen atoms in total. The first-order chi connectivity index (χ1) is 11.1. The topological polar surface area (TPSA) is 70.0 Å². The van der Waals surface area contributed by atoms with E-state index in [9.17, 15) is 14.7 Å². The van der Waals surface area contributed by atoms with Crippen molar-refractivity contribution in [3.05, 3.63) is 57.1 Å². The molecular weight excluding hydrogens is 332 g/mol. The second-order valence-electron chi connectivity index (χ2n) is 4.71. The van der Waals surface area contributed by atoms with Crippen molar-refractivity contribution in [2.24, 2.45) is 4.99 Å². The van der Waals surface area contributed by atoms with Crippen molar-refractivity contribution in [2.75, 3.05) is 11.9 Å². The average molecular weight is 344 g/mol. The van der Waals surface area contributed by atoms with E-state index in [0.717, 1.165) is 4.88 Å². The van der Waals surface area contributed by atoms with Crippen LogP contribution in [0.15, 0.2) is 51.7 Å². The molecule has 0 saturated heterocycles. The van der Waals surface area contributed by atoms with Gasteiger partial charge in [0.05, 0.1) is 16.2 Å². The Kier molecular flexibility index (Phi) is 4.31. The highest BCUT2D eigenvalue weighted by Crippen LogP contribution is 2.33. The number of thiophene rings is 1. The van der Waals surface area contributed by atoms with Crippen LogP contribution in [0.3, 0.4) is 0 Å². The number of carbonyl (C=O) groups excluding carboxylic acids is 1. The number of rotatable bonds is 3. The van der Waals surface area contributed by atoms with Gasteiger partial charge in [-0.15, -0.1) is 11.3 Å². The zero-order chi connectivity index (χ0) is 16.4. The third-order valence-electron chi connectivity index (χ3n) is 3.21. The summed E-state index contributed by atoms with van der Waals surface area (Å²) in [6.07, 6.45) is 1.80. The second kappa shape index (κ2) is 6.39. The van der Waals surface area contributed by atoms with Crippen molar-refractivity contribution < 1.29 is 14.7 Å². The maximum Gasteiger partial charge on any atom is 0.337 e. The number of amidine groups is 1. The molecule has 0 unspecified atom stereocenters. The van der Waals surface area contributed by atoms with E-state index in [2.05, 4.69) is 4.99 Å². The highest BCUT2D eigenvalue weighted by Gasteiger charge is 2.26. The minimum atomic E-state index is -1.02. The summed E-state index contributed by atoms with van der Waals surface area (Å²) in [4.78, 5) is 30.6. The molecule has 1 aromatic carbocycles. The van der Waals surface area contributed by atoms with Gasteiger partial charge in [-0.3, -0.25) is 4.79 Å². The Morgan fingerprint density at radius 3 is 2.74 bits per heavy atom. The molecule has 3 rings (SSSR count). The molecule has 1 N–H and O–H groups in total. The van der Waals surface area contributed by atoms with E-state index < -0.39 is 5.97 Å². The Balaban J connectivity index is 1.88. The van der Waals surface area contributed by atoms with Crippen LogP contribution in [0.4, 0.5) is 5.69 Å². The molecule has 0 atom stereocenters. The molecule has 1 aromatic heterocycles. The number of nitrogens with zero attached hydrogens (tertiary/aromatic N) is 2. The number of carbonyl (C=O) groups is 2. The van der Waals surface area contributed by atoms with Gasteiger partial charge in [0.1, 0.15) is 0 Å². The van der Waals surface area contributed by atoms with E-state index in [0.29, 0.717) is 15.8 Å². The maximum atomic E-state index is 12.1. The number of anilines is 1. The lowest BCUT2D eigenvalue weighted by Gasteiger charge is -2.19. The summed E-state index contributed by atoms with van der Waals surface area (Å²) in [5.41, 5.74) is 0.665. The zero-order valence-electron chi connectivity index (χ0n) is 12.1. The average Bonchev–Trinajstić information content (AvgIpc) is 3.17. The van der Waals surface area contributed by atoms with Gasteiger partial charge < -0.3 is 10.0 Å². The lowest BCUT2D eigenvalue weighted by molar-refractivity contribution is -0.113. The van der Waals surface area contributed by atoms with Crippen LogP contribution in [0.25, 0.3) is 6.08 Å². The summed E-state index contributed by atoms with van der Waals surface area (Å²) < 4.78 is 0. The molecule has 116 valence electrons. The van der Waals surface area contributed by atoms with Gasteiger partial charge >= 0.3 is 5.97 Å². The van der Waals surface area contributed by atoms with Crippen LogP contribution < -0.4 is 4.90 Å². The molecular formula is C16H12N2O3S2. The Labute approximate surface area is 141 Å². The van der Waals surface area contributed by atoms with E-state index in [4.69, 9.17) is 0 Å². The summed E-state index contributed by atoms with van der Waals surface area (Å²) in [5.74, 6) is -1.32. The molecule has 0 saturated carbocycles. The summed E-state index contributed by atoms with van der Waals surface area (Å²) in [7, 11) is 1.70. The highest BCUT2D eigenvalue weighted by atomic mass is 32.2. The molecule has 1 amide bonds. The smallest absolute Gasteiger partial charge is 0.337 e. The Bertz CT molecular complexity index is 826. The van der Waals surface area contributed by atoms with Gasteiger partial charge in [0, 0.05) is 11.9 Å². The van der Waals surface area contributed by atoms with Crippen molar-refractivity contribution in [2.45, 2.75) is 0 Å². The van der Waals surface area contributed by atoms with Gasteiger partial charge in [0.25, 0.3) is 5.91 Å². The van der Waals surface area contributed by atoms with Gasteiger partial charge in [0.15, 0.2) is 5.17 Å². The fourth-order valence-corrected chi connectivity index (χ4v) is 3.71. The normalized spacial score (nSPS) is 15.8. The standard InChI is InChI=1S/C16H12N2O3S2/c1-18(12-7-3-2-6-11(12)15(20)21)16-17-14(19)13(23-16)9-10-5-4-8-22-10/h2-9H,1H3,(H,20,21)/b13-9+. The number of carboxylic acid groups (broad SMARTS) is 1. The Hall–Kier alpha value is -2.38. The lowest BCUT2D eigenvalue weighted by Crippen LogP contribution is -2.24. The van der Waals surface area contributed by atoms with E-state index in [-0.39, 0.29) is 11.5 Å². The summed E-state index contributed by atoms with van der Waals surface area (Å²) in [6.45, 7) is 0. The molecule has 1 aliphatic heterocycles. The monoisotopic (exact) mass is 344 g/mol. The number of amides is 1. The highest BCUT2D eigenvalue weighted by molar-refractivity contribution is 8.18. The molecule has 23 heavy (non-hydrogen) atoms. The summed E-state index contributed by atoms with van der Waals surface area (Å²) in [5, 5.41) is 11.7. The summed E-state index contributed by atoms with van der Waals surface area (Å²) >= 11 is 2.78. The zero-order valence-corrected chi connectivity index (χ0v) is 13.7. The molecule has 0 spiro atoms. The molecule has 2 aromatic rings.